The number of hydrogen-bond acceptors (Lipinski definition) is 2. The molecule has 0 spiro atoms. The molecular weight excluding hydrogens is 274 g/mol. The first-order valence-electron chi connectivity index (χ1n) is 8.41. The van der Waals surface area contributed by atoms with Crippen molar-refractivity contribution < 1.29 is 9.53 Å². The second kappa shape index (κ2) is 6.72. The molecule has 0 saturated heterocycles. The van der Waals surface area contributed by atoms with Crippen molar-refractivity contribution in [1.29, 1.82) is 0 Å². The average Bonchev–Trinajstić information content (AvgIpc) is 2.46. The van der Waals surface area contributed by atoms with Gasteiger partial charge >= 0.3 is 0 Å². The summed E-state index contributed by atoms with van der Waals surface area (Å²) < 4.78 is 6.07. The molecule has 1 aliphatic heterocycles. The molecule has 1 N–H and O–H groups in total. The molecule has 1 heterocycles. The highest BCUT2D eigenvalue weighted by Gasteiger charge is 2.26. The van der Waals surface area contributed by atoms with E-state index in [0.717, 1.165) is 24.3 Å². The maximum atomic E-state index is 11.5. The summed E-state index contributed by atoms with van der Waals surface area (Å²) in [5.74, 6) is 1.54. The molecule has 3 nitrogen and oxygen atoms in total. The van der Waals surface area contributed by atoms with E-state index in [9.17, 15) is 4.79 Å². The Hall–Kier alpha value is -1.51. The molecule has 122 valence electrons. The molecular formula is C19H29NO2. The van der Waals surface area contributed by atoms with E-state index >= 15 is 0 Å². The number of rotatable bonds is 6. The summed E-state index contributed by atoms with van der Waals surface area (Å²) in [6, 6.07) is 6.04. The van der Waals surface area contributed by atoms with Crippen LogP contribution in [-0.4, -0.2) is 12.0 Å². The molecule has 2 rings (SSSR count). The summed E-state index contributed by atoms with van der Waals surface area (Å²) in [4.78, 5) is 11.5. The number of fused-ring (bicyclic) bond motifs is 1. The van der Waals surface area contributed by atoms with Crippen molar-refractivity contribution in [3.05, 3.63) is 23.8 Å². The highest BCUT2D eigenvalue weighted by Crippen LogP contribution is 2.34. The third-order valence-corrected chi connectivity index (χ3v) is 5.24. The molecule has 0 bridgehead atoms. The molecule has 1 amide bonds. The maximum absolute atomic E-state index is 11.5. The molecule has 0 radical (unpaired) electrons. The summed E-state index contributed by atoms with van der Waals surface area (Å²) in [7, 11) is 0. The normalized spacial score (nSPS) is 17.4. The van der Waals surface area contributed by atoms with Crippen LogP contribution in [0.2, 0.25) is 0 Å². The summed E-state index contributed by atoms with van der Waals surface area (Å²) >= 11 is 0. The zero-order valence-corrected chi connectivity index (χ0v) is 14.5. The lowest BCUT2D eigenvalue weighted by atomic mass is 9.75. The number of anilines is 1. The highest BCUT2D eigenvalue weighted by atomic mass is 16.5. The number of nitrogens with one attached hydrogen (secondary N) is 1. The van der Waals surface area contributed by atoms with Gasteiger partial charge in [-0.2, -0.15) is 0 Å². The minimum atomic E-state index is 0.0935. The third-order valence-electron chi connectivity index (χ3n) is 5.24. The second-order valence-electron chi connectivity index (χ2n) is 7.27. The smallest absolute Gasteiger partial charge is 0.224 e. The van der Waals surface area contributed by atoms with Crippen molar-refractivity contribution in [3.8, 4) is 5.75 Å². The van der Waals surface area contributed by atoms with E-state index in [1.54, 1.807) is 0 Å². The van der Waals surface area contributed by atoms with Gasteiger partial charge in [0, 0.05) is 18.2 Å². The van der Waals surface area contributed by atoms with Crippen LogP contribution in [0.15, 0.2) is 18.2 Å². The van der Waals surface area contributed by atoms with Crippen molar-refractivity contribution in [2.75, 3.05) is 5.32 Å². The van der Waals surface area contributed by atoms with E-state index in [4.69, 9.17) is 4.74 Å². The molecule has 1 aromatic rings. The molecule has 3 heteroatoms. The third kappa shape index (κ3) is 4.02. The molecule has 22 heavy (non-hydrogen) atoms. The largest absolute Gasteiger partial charge is 0.491 e. The van der Waals surface area contributed by atoms with E-state index in [2.05, 4.69) is 46.0 Å². The van der Waals surface area contributed by atoms with Crippen LogP contribution in [0.1, 0.15) is 59.4 Å². The van der Waals surface area contributed by atoms with Crippen LogP contribution in [0.25, 0.3) is 0 Å². The van der Waals surface area contributed by atoms with Gasteiger partial charge in [-0.3, -0.25) is 4.79 Å². The average molecular weight is 303 g/mol. The lowest BCUT2D eigenvalue weighted by Gasteiger charge is -2.32. The van der Waals surface area contributed by atoms with Gasteiger partial charge < -0.3 is 10.1 Å². The molecule has 2 unspecified atom stereocenters. The summed E-state index contributed by atoms with van der Waals surface area (Å²) in [6.45, 7) is 11.3. The Balaban J connectivity index is 1.99. The minimum absolute atomic E-state index is 0.0935. The van der Waals surface area contributed by atoms with Gasteiger partial charge in [-0.25, -0.2) is 0 Å². The van der Waals surface area contributed by atoms with Crippen molar-refractivity contribution >= 4 is 11.6 Å². The molecule has 0 fully saturated rings. The van der Waals surface area contributed by atoms with Crippen molar-refractivity contribution in [1.82, 2.24) is 0 Å². The number of aryl methyl sites for hydroxylation is 1. The maximum Gasteiger partial charge on any atom is 0.224 e. The summed E-state index contributed by atoms with van der Waals surface area (Å²) in [6.07, 6.45) is 3.76. The number of hydrogen-bond donors (Lipinski definition) is 1. The van der Waals surface area contributed by atoms with E-state index in [1.807, 2.05) is 12.1 Å². The van der Waals surface area contributed by atoms with Gasteiger partial charge in [0.2, 0.25) is 5.91 Å². The molecule has 0 aliphatic carbocycles. The summed E-state index contributed by atoms with van der Waals surface area (Å²) in [5.41, 5.74) is 2.43. The van der Waals surface area contributed by atoms with E-state index in [1.165, 1.54) is 12.0 Å². The topological polar surface area (TPSA) is 38.3 Å². The Morgan fingerprint density at radius 3 is 2.68 bits per heavy atom. The Morgan fingerprint density at radius 1 is 1.27 bits per heavy atom. The molecule has 1 aliphatic rings. The predicted molar refractivity (Wildman–Crippen MR) is 91.3 cm³/mol. The SMILES string of the molecule is CCC(C)(C)C(C)CC(C)Oc1ccc2c(c1)NC(=O)CC2. The van der Waals surface area contributed by atoms with Crippen LogP contribution >= 0.6 is 0 Å². The van der Waals surface area contributed by atoms with Crippen LogP contribution < -0.4 is 10.1 Å². The number of carbonyl (C=O) groups excluding carboxylic acids is 1. The fraction of sp³-hybridized carbons (Fsp3) is 0.632. The van der Waals surface area contributed by atoms with Crippen LogP contribution in [-0.2, 0) is 11.2 Å². The Morgan fingerprint density at radius 2 is 2.00 bits per heavy atom. The second-order valence-corrected chi connectivity index (χ2v) is 7.27. The van der Waals surface area contributed by atoms with Crippen molar-refractivity contribution in [2.45, 2.75) is 66.4 Å². The predicted octanol–water partition coefficient (Wildman–Crippen LogP) is 4.80. The number of carbonyl (C=O) groups is 1. The lowest BCUT2D eigenvalue weighted by Crippen LogP contribution is -2.26. The number of ether oxygens (including phenoxy) is 1. The van der Waals surface area contributed by atoms with Crippen LogP contribution in [0.5, 0.6) is 5.75 Å². The van der Waals surface area contributed by atoms with Gasteiger partial charge in [-0.05, 0) is 42.7 Å². The highest BCUT2D eigenvalue weighted by molar-refractivity contribution is 5.94. The molecule has 0 aromatic heterocycles. The summed E-state index contributed by atoms with van der Waals surface area (Å²) in [5, 5.41) is 2.93. The van der Waals surface area contributed by atoms with Crippen molar-refractivity contribution in [3.63, 3.8) is 0 Å². The van der Waals surface area contributed by atoms with E-state index in [-0.39, 0.29) is 12.0 Å². The quantitative estimate of drug-likeness (QED) is 0.819. The van der Waals surface area contributed by atoms with Crippen LogP contribution in [0.4, 0.5) is 5.69 Å². The fourth-order valence-corrected chi connectivity index (χ4v) is 2.87. The Bertz CT molecular complexity index is 536. The monoisotopic (exact) mass is 303 g/mol. The fourth-order valence-electron chi connectivity index (χ4n) is 2.87. The van der Waals surface area contributed by atoms with Gasteiger partial charge in [0.15, 0.2) is 0 Å². The zero-order valence-electron chi connectivity index (χ0n) is 14.5. The zero-order chi connectivity index (χ0) is 16.3. The van der Waals surface area contributed by atoms with Gasteiger partial charge in [0.25, 0.3) is 0 Å². The van der Waals surface area contributed by atoms with E-state index in [0.29, 0.717) is 17.8 Å². The minimum Gasteiger partial charge on any atom is -0.491 e. The van der Waals surface area contributed by atoms with Gasteiger partial charge in [-0.1, -0.05) is 40.2 Å². The van der Waals surface area contributed by atoms with E-state index < -0.39 is 0 Å². The van der Waals surface area contributed by atoms with Gasteiger partial charge in [0.05, 0.1) is 6.10 Å². The molecule has 0 saturated carbocycles. The van der Waals surface area contributed by atoms with Gasteiger partial charge in [-0.15, -0.1) is 0 Å². The first kappa shape index (κ1) is 16.9. The molecule has 2 atom stereocenters. The first-order chi connectivity index (χ1) is 10.3. The molecule has 1 aromatic carbocycles. The first-order valence-corrected chi connectivity index (χ1v) is 8.41. The van der Waals surface area contributed by atoms with Crippen molar-refractivity contribution in [2.24, 2.45) is 11.3 Å². The van der Waals surface area contributed by atoms with Crippen LogP contribution in [0.3, 0.4) is 0 Å². The standard InChI is InChI=1S/C19H29NO2/c1-6-19(4,5)13(2)11-14(3)22-16-9-7-15-8-10-18(21)20-17(15)12-16/h7,9,12-14H,6,8,10-11H2,1-5H3,(H,20,21). The number of amides is 1. The Labute approximate surface area is 134 Å². The lowest BCUT2D eigenvalue weighted by molar-refractivity contribution is -0.116. The van der Waals surface area contributed by atoms with Crippen LogP contribution in [0, 0.1) is 11.3 Å². The Kier molecular flexibility index (Phi) is 5.15. The number of benzene rings is 1. The van der Waals surface area contributed by atoms with Gasteiger partial charge in [0.1, 0.15) is 5.75 Å².